The molecule has 0 aliphatic heterocycles. The second-order valence-corrected chi connectivity index (χ2v) is 5.30. The summed E-state index contributed by atoms with van der Waals surface area (Å²) in [4.78, 5) is 23.0. The first kappa shape index (κ1) is 13.7. The number of hydrogen-bond acceptors (Lipinski definition) is 3. The number of allylic oxidation sites excluding steroid dienone is 1. The van der Waals surface area contributed by atoms with Crippen LogP contribution < -0.4 is 5.32 Å². The number of ether oxygens (including phenoxy) is 1. The van der Waals surface area contributed by atoms with Crippen LogP contribution in [0.4, 0.5) is 4.79 Å². The molecule has 4 heteroatoms. The lowest BCUT2D eigenvalue weighted by molar-refractivity contribution is -0.121. The fourth-order valence-corrected chi connectivity index (χ4v) is 1.77. The summed E-state index contributed by atoms with van der Waals surface area (Å²) in [5.41, 5.74) is -0.495. The smallest absolute Gasteiger partial charge is 0.408 e. The molecular weight excluding hydrogens is 218 g/mol. The van der Waals surface area contributed by atoms with Gasteiger partial charge in [0.1, 0.15) is 11.4 Å². The summed E-state index contributed by atoms with van der Waals surface area (Å²) in [5, 5.41) is 2.74. The van der Waals surface area contributed by atoms with Crippen molar-refractivity contribution in [1.29, 1.82) is 0 Å². The van der Waals surface area contributed by atoms with Crippen molar-refractivity contribution in [3.8, 4) is 0 Å². The molecule has 0 saturated carbocycles. The van der Waals surface area contributed by atoms with Crippen LogP contribution in [0, 0.1) is 5.92 Å². The van der Waals surface area contributed by atoms with Crippen LogP contribution in [0.3, 0.4) is 0 Å². The minimum atomic E-state index is -0.495. The van der Waals surface area contributed by atoms with E-state index in [2.05, 4.69) is 5.32 Å². The van der Waals surface area contributed by atoms with E-state index in [1.807, 2.05) is 39.8 Å². The first-order valence-electron chi connectivity index (χ1n) is 6.02. The lowest BCUT2D eigenvalue weighted by atomic mass is 10.0. The van der Waals surface area contributed by atoms with Gasteiger partial charge in [-0.2, -0.15) is 0 Å². The maximum Gasteiger partial charge on any atom is 0.408 e. The molecule has 1 amide bonds. The molecule has 2 unspecified atom stereocenters. The third-order valence-corrected chi connectivity index (χ3v) is 2.55. The zero-order valence-corrected chi connectivity index (χ0v) is 10.9. The van der Waals surface area contributed by atoms with Crippen molar-refractivity contribution in [2.24, 2.45) is 5.92 Å². The van der Waals surface area contributed by atoms with E-state index in [0.29, 0.717) is 12.8 Å². The minimum Gasteiger partial charge on any atom is -0.444 e. The molecule has 0 radical (unpaired) electrons. The zero-order valence-electron chi connectivity index (χ0n) is 10.9. The minimum absolute atomic E-state index is 0.0556. The van der Waals surface area contributed by atoms with Crippen molar-refractivity contribution in [2.45, 2.75) is 52.2 Å². The Balaban J connectivity index is 2.39. The Bertz CT molecular complexity index is 328. The van der Waals surface area contributed by atoms with E-state index in [-0.39, 0.29) is 17.7 Å². The Labute approximate surface area is 102 Å². The van der Waals surface area contributed by atoms with Crippen molar-refractivity contribution in [1.82, 2.24) is 5.32 Å². The molecular formula is C13H21NO3. The Morgan fingerprint density at radius 1 is 1.35 bits per heavy atom. The third-order valence-electron chi connectivity index (χ3n) is 2.55. The monoisotopic (exact) mass is 239 g/mol. The van der Waals surface area contributed by atoms with Gasteiger partial charge in [-0.05, 0) is 27.2 Å². The number of carbonyl (C=O) groups is 2. The molecule has 2 atom stereocenters. The molecule has 1 N–H and O–H groups in total. The lowest BCUT2D eigenvalue weighted by Gasteiger charge is -2.21. The maximum atomic E-state index is 11.5. The molecule has 0 aromatic carbocycles. The average Bonchev–Trinajstić information content (AvgIpc) is 2.62. The molecule has 0 aromatic rings. The SMILES string of the molecule is CCC(=O)C1C=CC(NC(=O)OC(C)(C)C)C1. The number of amides is 1. The normalized spacial score (nSPS) is 23.5. The van der Waals surface area contributed by atoms with Crippen molar-refractivity contribution < 1.29 is 14.3 Å². The molecule has 0 spiro atoms. The first-order valence-corrected chi connectivity index (χ1v) is 6.02. The van der Waals surface area contributed by atoms with Gasteiger partial charge in [0.15, 0.2) is 0 Å². The summed E-state index contributed by atoms with van der Waals surface area (Å²) >= 11 is 0. The summed E-state index contributed by atoms with van der Waals surface area (Å²) < 4.78 is 5.15. The van der Waals surface area contributed by atoms with Crippen LogP contribution >= 0.6 is 0 Å². The van der Waals surface area contributed by atoms with Crippen molar-refractivity contribution in [3.05, 3.63) is 12.2 Å². The fraction of sp³-hybridized carbons (Fsp3) is 0.692. The molecule has 4 nitrogen and oxygen atoms in total. The van der Waals surface area contributed by atoms with Crippen LogP contribution in [0.2, 0.25) is 0 Å². The first-order chi connectivity index (χ1) is 7.81. The second kappa shape index (κ2) is 5.34. The predicted octanol–water partition coefficient (Wildman–Crippen LogP) is 2.43. The highest BCUT2D eigenvalue weighted by molar-refractivity contribution is 5.83. The van der Waals surface area contributed by atoms with Crippen LogP contribution in [-0.2, 0) is 9.53 Å². The molecule has 0 heterocycles. The van der Waals surface area contributed by atoms with Gasteiger partial charge in [0.2, 0.25) is 0 Å². The zero-order chi connectivity index (χ0) is 13.1. The van der Waals surface area contributed by atoms with E-state index < -0.39 is 11.7 Å². The van der Waals surface area contributed by atoms with Gasteiger partial charge >= 0.3 is 6.09 Å². The molecule has 1 rings (SSSR count). The molecule has 0 fully saturated rings. The highest BCUT2D eigenvalue weighted by atomic mass is 16.6. The maximum absolute atomic E-state index is 11.5. The number of carbonyl (C=O) groups excluding carboxylic acids is 2. The molecule has 1 aliphatic carbocycles. The summed E-state index contributed by atoms with van der Waals surface area (Å²) in [6.07, 6.45) is 4.48. The van der Waals surface area contributed by atoms with Gasteiger partial charge in [0, 0.05) is 12.3 Å². The lowest BCUT2D eigenvalue weighted by Crippen LogP contribution is -2.38. The van der Waals surface area contributed by atoms with Crippen LogP contribution in [0.15, 0.2) is 12.2 Å². The fourth-order valence-electron chi connectivity index (χ4n) is 1.77. The molecule has 17 heavy (non-hydrogen) atoms. The van der Waals surface area contributed by atoms with Crippen LogP contribution in [0.1, 0.15) is 40.5 Å². The van der Waals surface area contributed by atoms with Gasteiger partial charge < -0.3 is 10.1 Å². The summed E-state index contributed by atoms with van der Waals surface area (Å²) in [6, 6.07) is -0.0923. The quantitative estimate of drug-likeness (QED) is 0.769. The van der Waals surface area contributed by atoms with Crippen LogP contribution in [0.5, 0.6) is 0 Å². The second-order valence-electron chi connectivity index (χ2n) is 5.30. The topological polar surface area (TPSA) is 55.4 Å². The number of nitrogens with one attached hydrogen (secondary N) is 1. The van der Waals surface area contributed by atoms with Gasteiger partial charge in [0.05, 0.1) is 6.04 Å². The average molecular weight is 239 g/mol. The molecule has 96 valence electrons. The van der Waals surface area contributed by atoms with E-state index >= 15 is 0 Å². The summed E-state index contributed by atoms with van der Waals surface area (Å²) in [5.74, 6) is 0.162. The largest absolute Gasteiger partial charge is 0.444 e. The molecule has 1 aliphatic rings. The summed E-state index contributed by atoms with van der Waals surface area (Å²) in [6.45, 7) is 7.31. The molecule has 0 aromatic heterocycles. The van der Waals surface area contributed by atoms with Crippen LogP contribution in [-0.4, -0.2) is 23.5 Å². The van der Waals surface area contributed by atoms with Gasteiger partial charge in [0.25, 0.3) is 0 Å². The van der Waals surface area contributed by atoms with E-state index in [9.17, 15) is 9.59 Å². The van der Waals surface area contributed by atoms with Crippen molar-refractivity contribution in [3.63, 3.8) is 0 Å². The van der Waals surface area contributed by atoms with E-state index in [1.165, 1.54) is 0 Å². The van der Waals surface area contributed by atoms with Gasteiger partial charge in [-0.15, -0.1) is 0 Å². The standard InChI is InChI=1S/C13H21NO3/c1-5-11(15)9-6-7-10(8-9)14-12(16)17-13(2,3)4/h6-7,9-10H,5,8H2,1-4H3,(H,14,16). The van der Waals surface area contributed by atoms with Gasteiger partial charge in [-0.25, -0.2) is 4.79 Å². The Morgan fingerprint density at radius 2 is 2.00 bits per heavy atom. The van der Waals surface area contributed by atoms with Gasteiger partial charge in [-0.1, -0.05) is 19.1 Å². The Kier molecular flexibility index (Phi) is 4.32. The highest BCUT2D eigenvalue weighted by Crippen LogP contribution is 2.20. The van der Waals surface area contributed by atoms with E-state index in [0.717, 1.165) is 0 Å². The highest BCUT2D eigenvalue weighted by Gasteiger charge is 2.26. The summed E-state index contributed by atoms with van der Waals surface area (Å²) in [7, 11) is 0. The van der Waals surface area contributed by atoms with E-state index in [1.54, 1.807) is 0 Å². The van der Waals surface area contributed by atoms with E-state index in [4.69, 9.17) is 4.74 Å². The van der Waals surface area contributed by atoms with Gasteiger partial charge in [-0.3, -0.25) is 4.79 Å². The number of alkyl carbamates (subject to hydrolysis) is 1. The van der Waals surface area contributed by atoms with Crippen molar-refractivity contribution >= 4 is 11.9 Å². The predicted molar refractivity (Wildman–Crippen MR) is 65.7 cm³/mol. The number of rotatable bonds is 3. The van der Waals surface area contributed by atoms with Crippen LogP contribution in [0.25, 0.3) is 0 Å². The number of hydrogen-bond donors (Lipinski definition) is 1. The Morgan fingerprint density at radius 3 is 2.53 bits per heavy atom. The Hall–Kier alpha value is -1.32. The number of Topliss-reactive ketones (excluding diaryl/α,β-unsaturated/α-hetero) is 1. The third kappa shape index (κ3) is 4.59. The van der Waals surface area contributed by atoms with Crippen molar-refractivity contribution in [2.75, 3.05) is 0 Å². The molecule has 0 bridgehead atoms. The molecule has 0 saturated heterocycles. The number of ketones is 1.